The van der Waals surface area contributed by atoms with E-state index in [1.54, 1.807) is 0 Å². The molecule has 2 aliphatic heterocycles. The lowest BCUT2D eigenvalue weighted by atomic mass is 9.64. The van der Waals surface area contributed by atoms with Crippen molar-refractivity contribution in [3.05, 3.63) is 0 Å². The predicted molar refractivity (Wildman–Crippen MR) is 283 cm³/mol. The van der Waals surface area contributed by atoms with Gasteiger partial charge in [0.25, 0.3) is 0 Å². The highest BCUT2D eigenvalue weighted by molar-refractivity contribution is 7.53. The van der Waals surface area contributed by atoms with Gasteiger partial charge in [-0.3, -0.25) is 23.5 Å². The third-order valence-electron chi connectivity index (χ3n) is 15.1. The van der Waals surface area contributed by atoms with Gasteiger partial charge in [-0.25, -0.2) is 4.57 Å². The second kappa shape index (κ2) is 36.6. The first-order valence-electron chi connectivity index (χ1n) is 28.6. The number of phosphoric acid groups is 1. The topological polar surface area (TPSA) is 369 Å². The highest BCUT2D eigenvalue weighted by Crippen LogP contribution is 2.58. The number of phosphoric ester groups is 1. The predicted octanol–water partition coefficient (Wildman–Crippen LogP) is 5.68. The third-order valence-corrected chi connectivity index (χ3v) is 17.1. The summed E-state index contributed by atoms with van der Waals surface area (Å²) in [5.74, 6) is -2.97. The van der Waals surface area contributed by atoms with E-state index in [1.807, 2.05) is 0 Å². The van der Waals surface area contributed by atoms with E-state index in [4.69, 9.17) is 14.2 Å². The van der Waals surface area contributed by atoms with Crippen molar-refractivity contribution < 1.29 is 97.6 Å². The van der Waals surface area contributed by atoms with Gasteiger partial charge in [-0.15, -0.1) is 0 Å². The number of nitrogens with one attached hydrogen (secondary N) is 2. The first kappa shape index (κ1) is 70.4. The molecule has 0 aromatic carbocycles. The van der Waals surface area contributed by atoms with E-state index < -0.39 is 131 Å². The zero-order valence-corrected chi connectivity index (χ0v) is 47.6. The molecule has 3 unspecified atom stereocenters. The number of hydrogen-bond donors (Lipinski definition) is 13. The monoisotopic (exact) mass is 1130 g/mol. The molecule has 0 aromatic rings. The summed E-state index contributed by atoms with van der Waals surface area (Å²) in [7, 11) is -11.5. The number of hydrogen-bond acceptors (Lipinski definition) is 16. The van der Waals surface area contributed by atoms with E-state index in [9.17, 15) is 78.8 Å². The van der Waals surface area contributed by atoms with Crippen LogP contribution in [0.5, 0.6) is 0 Å². The highest BCUT2D eigenvalue weighted by atomic mass is 31.2. The van der Waals surface area contributed by atoms with Crippen LogP contribution < -0.4 is 10.6 Å². The maximum Gasteiger partial charge on any atom is 0.472 e. The smallest absolute Gasteiger partial charge is 0.462 e. The fourth-order valence-electron chi connectivity index (χ4n) is 10.5. The first-order chi connectivity index (χ1) is 36.0. The van der Waals surface area contributed by atoms with E-state index in [2.05, 4.69) is 35.9 Å². The van der Waals surface area contributed by atoms with Gasteiger partial charge in [-0.2, -0.15) is 0 Å². The maximum atomic E-state index is 14.2. The van der Waals surface area contributed by atoms with Gasteiger partial charge in [-0.05, 0) is 25.7 Å². The molecule has 0 aliphatic carbocycles. The van der Waals surface area contributed by atoms with Crippen LogP contribution >= 0.6 is 15.4 Å². The third kappa shape index (κ3) is 23.0. The normalized spacial score (nSPS) is 26.4. The highest BCUT2D eigenvalue weighted by Gasteiger charge is 2.76. The number of amides is 2. The van der Waals surface area contributed by atoms with Crippen LogP contribution in [0, 0.1) is 0 Å². The van der Waals surface area contributed by atoms with Crippen molar-refractivity contribution in [1.29, 1.82) is 0 Å². The number of esters is 1. The molecule has 76 heavy (non-hydrogen) atoms. The number of carbonyl (C=O) groups excluding carboxylic acids is 3. The van der Waals surface area contributed by atoms with Gasteiger partial charge in [0.1, 0.15) is 47.8 Å². The lowest BCUT2D eigenvalue weighted by Gasteiger charge is -2.62. The van der Waals surface area contributed by atoms with Crippen LogP contribution in [0.3, 0.4) is 0 Å². The van der Waals surface area contributed by atoms with Crippen molar-refractivity contribution in [2.75, 3.05) is 19.8 Å². The van der Waals surface area contributed by atoms with Crippen LogP contribution in [0.15, 0.2) is 0 Å². The summed E-state index contributed by atoms with van der Waals surface area (Å²) in [6.45, 7) is 2.43. The molecule has 2 rings (SSSR count). The van der Waals surface area contributed by atoms with Crippen molar-refractivity contribution in [3.8, 4) is 0 Å². The van der Waals surface area contributed by atoms with Crippen LogP contribution in [-0.4, -0.2) is 158 Å². The molecule has 448 valence electrons. The molecule has 2 amide bonds. The molecule has 0 radical (unpaired) electrons. The van der Waals surface area contributed by atoms with Crippen molar-refractivity contribution in [2.45, 2.75) is 292 Å². The van der Waals surface area contributed by atoms with Crippen LogP contribution in [0.4, 0.5) is 0 Å². The van der Waals surface area contributed by atoms with Crippen LogP contribution in [0.2, 0.25) is 0 Å². The van der Waals surface area contributed by atoms with Crippen molar-refractivity contribution >= 4 is 33.2 Å². The van der Waals surface area contributed by atoms with Crippen molar-refractivity contribution in [3.63, 3.8) is 0 Å². The minimum atomic E-state index is -6.04. The van der Waals surface area contributed by atoms with Crippen LogP contribution in [-0.2, 0) is 42.2 Å². The summed E-state index contributed by atoms with van der Waals surface area (Å²) < 4.78 is 46.7. The summed E-state index contributed by atoms with van der Waals surface area (Å²) in [6, 6.07) is 0. The molecule has 11 atom stereocenters. The summed E-state index contributed by atoms with van der Waals surface area (Å²) in [5, 5.41) is 82.0. The minimum Gasteiger partial charge on any atom is -0.462 e. The molecule has 24 heteroatoms. The number of ether oxygens (including phenoxy) is 3. The zero-order valence-electron chi connectivity index (χ0n) is 45.9. The second-order valence-electron chi connectivity index (χ2n) is 21.4. The number of carbonyl (C=O) groups is 3. The van der Waals surface area contributed by atoms with Crippen molar-refractivity contribution in [1.82, 2.24) is 10.6 Å². The molecular formula is C52H100N2O20P2. The molecule has 2 heterocycles. The molecule has 0 saturated carbocycles. The average Bonchev–Trinajstić information content (AvgIpc) is 3.34. The quantitative estimate of drug-likeness (QED) is 0.0151. The second-order valence-corrected chi connectivity index (χ2v) is 24.5. The lowest BCUT2D eigenvalue weighted by molar-refractivity contribution is -0.320. The number of unbranched alkanes of at least 4 members (excludes halogenated alkanes) is 24. The van der Waals surface area contributed by atoms with Gasteiger partial charge in [0.2, 0.25) is 11.8 Å². The van der Waals surface area contributed by atoms with E-state index in [-0.39, 0.29) is 19.3 Å². The van der Waals surface area contributed by atoms with Crippen LogP contribution in [0.1, 0.15) is 226 Å². The van der Waals surface area contributed by atoms with Gasteiger partial charge >= 0.3 is 21.4 Å². The Balaban J connectivity index is 2.48. The number of aliphatic hydroxyl groups is 7. The standard InChI is InChI=1S/C52H100N2O20P2/c1-4-7-10-13-16-19-22-25-28-31-39(56)34-42(57)53-50(37-72-46(45(60)47(50)61)48(62)74-76(68,69)70)52(64)41(36-55)71-38-51(49(52)63,75(65,66)67)54-43(58)35-40(32-29-26-23-20-17-14-11-8-5-2)73-44(59)33-30-27-24-21-18-15-12-9-6-3/h39-41,45-49,55-56,60-64H,4-38H2,1-3H3,(H,53,57)(H,54,58)(H2,65,66,67)(H2,68,69,70)/t39-,40-,41-,45-,46+,47+,48?,49-,50?,51?,52-/m1/s1. The molecular weight excluding hydrogens is 1030 g/mol. The van der Waals surface area contributed by atoms with Gasteiger partial charge < -0.3 is 80.2 Å². The fraction of sp³-hybridized carbons (Fsp3) is 0.942. The SMILES string of the molecule is CCCCCCCCCCCC(=O)O[C@H](CCCCCCCCCCC)CC(=O)NC1(P(=O)(O)O)CO[C@H](CO)[C@](O)(C2(NC(=O)C[C@H](O)CCCCCCCCCCC)CO[C@H](C(O)OP(=O)(O)O)[C@@H](O)[C@@H]2O)[C@@H]1O. The molecule has 13 N–H and O–H groups in total. The van der Waals surface area contributed by atoms with E-state index in [0.29, 0.717) is 19.3 Å². The Morgan fingerprint density at radius 1 is 0.618 bits per heavy atom. The van der Waals surface area contributed by atoms with Gasteiger partial charge in [0, 0.05) is 6.42 Å². The van der Waals surface area contributed by atoms with Gasteiger partial charge in [0.15, 0.2) is 11.6 Å². The Bertz CT molecular complexity index is 1730. The van der Waals surface area contributed by atoms with Gasteiger partial charge in [0.05, 0.1) is 38.8 Å². The molecule has 2 saturated heterocycles. The summed E-state index contributed by atoms with van der Waals surface area (Å²) in [6.07, 6.45) is 7.37. The first-order valence-corrected chi connectivity index (χ1v) is 31.7. The fourth-order valence-corrected chi connectivity index (χ4v) is 12.0. The minimum absolute atomic E-state index is 0.0594. The molecule has 22 nitrogen and oxygen atoms in total. The number of rotatable bonds is 43. The molecule has 0 aromatic heterocycles. The van der Waals surface area contributed by atoms with E-state index >= 15 is 0 Å². The maximum absolute atomic E-state index is 14.2. The van der Waals surface area contributed by atoms with Crippen LogP contribution in [0.25, 0.3) is 0 Å². The summed E-state index contributed by atoms with van der Waals surface area (Å²) in [5.41, 5.74) is -6.76. The Morgan fingerprint density at radius 3 is 1.53 bits per heavy atom. The Labute approximate surface area is 451 Å². The molecule has 0 bridgehead atoms. The molecule has 2 fully saturated rings. The summed E-state index contributed by atoms with van der Waals surface area (Å²) in [4.78, 5) is 82.3. The Morgan fingerprint density at radius 2 is 1.07 bits per heavy atom. The van der Waals surface area contributed by atoms with E-state index in [1.165, 1.54) is 12.8 Å². The Hall–Kier alpha value is -1.69. The molecule has 2 aliphatic rings. The Kier molecular flexibility index (Phi) is 33.9. The lowest BCUT2D eigenvalue weighted by Crippen LogP contribution is -2.89. The zero-order chi connectivity index (χ0) is 56.8. The molecule has 0 spiro atoms. The summed E-state index contributed by atoms with van der Waals surface area (Å²) >= 11 is 0. The van der Waals surface area contributed by atoms with Crippen molar-refractivity contribution in [2.24, 2.45) is 0 Å². The van der Waals surface area contributed by atoms with E-state index in [0.717, 1.165) is 141 Å². The average molecular weight is 1140 g/mol. The van der Waals surface area contributed by atoms with Gasteiger partial charge in [-0.1, -0.05) is 181 Å². The largest absolute Gasteiger partial charge is 0.472 e. The number of aliphatic hydroxyl groups excluding tert-OH is 6.